The number of hydrogen-bond donors (Lipinski definition) is 0. The smallest absolute Gasteiger partial charge is 0.0515 e. The van der Waals surface area contributed by atoms with Crippen molar-refractivity contribution in [1.29, 1.82) is 0 Å². The third-order valence-electron chi connectivity index (χ3n) is 0.952. The molecule has 0 heterocycles. The zero-order valence-electron chi connectivity index (χ0n) is 5.52. The first-order chi connectivity index (χ1) is 3.66. The largest absolute Gasteiger partial charge is 0.118 e. The molecule has 0 aliphatic carbocycles. The quantitative estimate of drug-likeness (QED) is 0.409. The van der Waals surface area contributed by atoms with Gasteiger partial charge in [-0.25, -0.2) is 0 Å². The molecule has 0 N–H and O–H groups in total. The molecule has 0 nitrogen and oxygen atoms in total. The summed E-state index contributed by atoms with van der Waals surface area (Å²) in [5.74, 6) is 0.676. The topological polar surface area (TPSA) is 0 Å². The van der Waals surface area contributed by atoms with Crippen LogP contribution < -0.4 is 0 Å². The van der Waals surface area contributed by atoms with Gasteiger partial charge in [-0.1, -0.05) is 19.9 Å². The first-order valence-electron chi connectivity index (χ1n) is 2.93. The highest BCUT2D eigenvalue weighted by Crippen LogP contribution is 2.10. The van der Waals surface area contributed by atoms with Gasteiger partial charge in [0.15, 0.2) is 0 Å². The Morgan fingerprint density at radius 2 is 2.12 bits per heavy atom. The summed E-state index contributed by atoms with van der Waals surface area (Å²) >= 11 is 5.74. The second-order valence-corrected chi connectivity index (χ2v) is 2.94. The van der Waals surface area contributed by atoms with E-state index in [1.54, 1.807) is 6.08 Å². The molecule has 0 radical (unpaired) electrons. The molecule has 0 aromatic carbocycles. The van der Waals surface area contributed by atoms with Crippen LogP contribution in [0.4, 0.5) is 0 Å². The molecule has 0 saturated heterocycles. The predicted molar refractivity (Wildman–Crippen MR) is 39.3 cm³/mol. The first kappa shape index (κ1) is 8.03. The fraction of sp³-hybridized carbons (Fsp3) is 0.714. The third kappa shape index (κ3) is 4.20. The Bertz CT molecular complexity index is 66.8. The molecular formula is C7H13Cl. The van der Waals surface area contributed by atoms with Crippen LogP contribution in [0.2, 0.25) is 0 Å². The summed E-state index contributed by atoms with van der Waals surface area (Å²) in [7, 11) is 0. The van der Waals surface area contributed by atoms with E-state index in [2.05, 4.69) is 20.4 Å². The number of rotatable bonds is 3. The van der Waals surface area contributed by atoms with E-state index in [0.717, 1.165) is 6.42 Å². The van der Waals surface area contributed by atoms with Crippen molar-refractivity contribution in [3.05, 3.63) is 12.7 Å². The predicted octanol–water partition coefficient (Wildman–Crippen LogP) is 2.83. The van der Waals surface area contributed by atoms with Crippen LogP contribution in [0, 0.1) is 5.92 Å². The molecular weight excluding hydrogens is 120 g/mol. The molecule has 0 saturated carbocycles. The molecule has 0 rings (SSSR count). The molecule has 0 aromatic heterocycles. The number of allylic oxidation sites excluding steroid dienone is 1. The lowest BCUT2D eigenvalue weighted by molar-refractivity contribution is 0.598. The lowest BCUT2D eigenvalue weighted by atomic mass is 10.1. The zero-order valence-corrected chi connectivity index (χ0v) is 6.28. The van der Waals surface area contributed by atoms with Crippen molar-refractivity contribution in [2.45, 2.75) is 25.6 Å². The van der Waals surface area contributed by atoms with E-state index in [0.29, 0.717) is 5.92 Å². The summed E-state index contributed by atoms with van der Waals surface area (Å²) in [4.78, 5) is 0. The summed E-state index contributed by atoms with van der Waals surface area (Å²) in [6, 6.07) is 0. The van der Waals surface area contributed by atoms with Gasteiger partial charge in [-0.15, -0.1) is 18.2 Å². The van der Waals surface area contributed by atoms with Gasteiger partial charge in [0, 0.05) is 0 Å². The molecule has 1 atom stereocenters. The van der Waals surface area contributed by atoms with Gasteiger partial charge in [0.2, 0.25) is 0 Å². The van der Waals surface area contributed by atoms with E-state index in [1.165, 1.54) is 0 Å². The van der Waals surface area contributed by atoms with Crippen LogP contribution in [-0.4, -0.2) is 5.38 Å². The summed E-state index contributed by atoms with van der Waals surface area (Å²) in [6.45, 7) is 7.89. The minimum absolute atomic E-state index is 0.162. The van der Waals surface area contributed by atoms with Crippen molar-refractivity contribution in [3.63, 3.8) is 0 Å². The van der Waals surface area contributed by atoms with E-state index in [1.807, 2.05) is 0 Å². The summed E-state index contributed by atoms with van der Waals surface area (Å²) in [6.07, 6.45) is 2.81. The molecule has 0 bridgehead atoms. The van der Waals surface area contributed by atoms with Crippen molar-refractivity contribution < 1.29 is 0 Å². The Hall–Kier alpha value is 0.0300. The van der Waals surface area contributed by atoms with E-state index < -0.39 is 0 Å². The molecule has 48 valence electrons. The summed E-state index contributed by atoms with van der Waals surface area (Å²) < 4.78 is 0. The molecule has 0 aliphatic heterocycles. The number of halogens is 1. The zero-order chi connectivity index (χ0) is 6.57. The second kappa shape index (κ2) is 3.96. The van der Waals surface area contributed by atoms with Crippen molar-refractivity contribution >= 4 is 11.6 Å². The molecule has 1 unspecified atom stereocenters. The standard InChI is InChI=1S/C7H13Cl/c1-4-7(8)5-6(2)3/h4,6-7H,1,5H2,2-3H3. The van der Waals surface area contributed by atoms with Crippen molar-refractivity contribution in [2.24, 2.45) is 5.92 Å². The van der Waals surface area contributed by atoms with E-state index in [4.69, 9.17) is 11.6 Å². The number of hydrogen-bond acceptors (Lipinski definition) is 0. The van der Waals surface area contributed by atoms with Gasteiger partial charge in [-0.05, 0) is 12.3 Å². The van der Waals surface area contributed by atoms with Crippen LogP contribution in [0.25, 0.3) is 0 Å². The minimum atomic E-state index is 0.162. The van der Waals surface area contributed by atoms with Gasteiger partial charge in [0.05, 0.1) is 5.38 Å². The molecule has 0 spiro atoms. The van der Waals surface area contributed by atoms with Crippen LogP contribution >= 0.6 is 11.6 Å². The van der Waals surface area contributed by atoms with E-state index >= 15 is 0 Å². The highest BCUT2D eigenvalue weighted by Gasteiger charge is 2.00. The Kier molecular flexibility index (Phi) is 3.98. The summed E-state index contributed by atoms with van der Waals surface area (Å²) in [5.41, 5.74) is 0. The monoisotopic (exact) mass is 132 g/mol. The highest BCUT2D eigenvalue weighted by atomic mass is 35.5. The molecule has 8 heavy (non-hydrogen) atoms. The Labute approximate surface area is 56.5 Å². The van der Waals surface area contributed by atoms with Gasteiger partial charge in [-0.2, -0.15) is 0 Å². The molecule has 0 amide bonds. The van der Waals surface area contributed by atoms with Crippen LogP contribution in [0.1, 0.15) is 20.3 Å². The fourth-order valence-corrected chi connectivity index (χ4v) is 0.903. The van der Waals surface area contributed by atoms with E-state index in [-0.39, 0.29) is 5.38 Å². The van der Waals surface area contributed by atoms with Crippen molar-refractivity contribution in [3.8, 4) is 0 Å². The maximum Gasteiger partial charge on any atom is 0.0515 e. The molecule has 0 aliphatic rings. The van der Waals surface area contributed by atoms with Crippen molar-refractivity contribution in [2.75, 3.05) is 0 Å². The van der Waals surface area contributed by atoms with Crippen LogP contribution in [0.15, 0.2) is 12.7 Å². The normalized spacial score (nSPS) is 14.0. The lowest BCUT2D eigenvalue weighted by Gasteiger charge is -2.04. The van der Waals surface area contributed by atoms with Gasteiger partial charge in [-0.3, -0.25) is 0 Å². The first-order valence-corrected chi connectivity index (χ1v) is 3.37. The van der Waals surface area contributed by atoms with Gasteiger partial charge in [0.25, 0.3) is 0 Å². The second-order valence-electron chi connectivity index (χ2n) is 2.38. The van der Waals surface area contributed by atoms with Gasteiger partial charge < -0.3 is 0 Å². The van der Waals surface area contributed by atoms with Crippen LogP contribution in [0.3, 0.4) is 0 Å². The lowest BCUT2D eigenvalue weighted by Crippen LogP contribution is -1.97. The molecule has 0 aromatic rings. The van der Waals surface area contributed by atoms with Gasteiger partial charge >= 0.3 is 0 Å². The van der Waals surface area contributed by atoms with Crippen molar-refractivity contribution in [1.82, 2.24) is 0 Å². The Morgan fingerprint density at radius 3 is 2.25 bits per heavy atom. The Balaban J connectivity index is 3.23. The molecule has 1 heteroatoms. The van der Waals surface area contributed by atoms with Gasteiger partial charge in [0.1, 0.15) is 0 Å². The maximum absolute atomic E-state index is 5.74. The average molecular weight is 133 g/mol. The maximum atomic E-state index is 5.74. The fourth-order valence-electron chi connectivity index (χ4n) is 0.547. The van der Waals surface area contributed by atoms with E-state index in [9.17, 15) is 0 Å². The minimum Gasteiger partial charge on any atom is -0.118 e. The third-order valence-corrected chi connectivity index (χ3v) is 1.31. The highest BCUT2D eigenvalue weighted by molar-refractivity contribution is 6.21. The van der Waals surface area contributed by atoms with Crippen LogP contribution in [0.5, 0.6) is 0 Å². The summed E-state index contributed by atoms with van der Waals surface area (Å²) in [5, 5.41) is 0.162. The number of alkyl halides is 1. The average Bonchev–Trinajstić information content (AvgIpc) is 1.65. The Morgan fingerprint density at radius 1 is 1.62 bits per heavy atom. The SMILES string of the molecule is C=CC(Cl)CC(C)C. The molecule has 0 fully saturated rings. The van der Waals surface area contributed by atoms with Crippen LogP contribution in [-0.2, 0) is 0 Å².